The number of methoxy groups -OCH3 is 1. The van der Waals surface area contributed by atoms with Gasteiger partial charge in [0.25, 0.3) is 5.91 Å². The van der Waals surface area contributed by atoms with E-state index >= 15 is 0 Å². The fourth-order valence-corrected chi connectivity index (χ4v) is 3.94. The van der Waals surface area contributed by atoms with E-state index in [4.69, 9.17) is 4.74 Å². The fourth-order valence-electron chi connectivity index (χ4n) is 2.45. The molecule has 3 nitrogen and oxygen atoms in total. The smallest absolute Gasteiger partial charge is 0.255 e. The van der Waals surface area contributed by atoms with Crippen LogP contribution in [-0.4, -0.2) is 25.0 Å². The quantitative estimate of drug-likeness (QED) is 0.571. The number of likely N-dealkylation sites (N-methyl/N-ethyl adjacent to an activating group) is 1. The van der Waals surface area contributed by atoms with Crippen LogP contribution in [0.3, 0.4) is 0 Å². The fraction of sp³-hybridized carbons (Fsp3) is 0.150. The summed E-state index contributed by atoms with van der Waals surface area (Å²) in [5, 5.41) is 4.02. The minimum atomic E-state index is 0.0201. The molecule has 0 saturated carbocycles. The number of amides is 1. The second-order valence-electron chi connectivity index (χ2n) is 5.55. The van der Waals surface area contributed by atoms with Gasteiger partial charge in [-0.1, -0.05) is 24.3 Å². The van der Waals surface area contributed by atoms with E-state index in [0.29, 0.717) is 12.1 Å². The summed E-state index contributed by atoms with van der Waals surface area (Å²) >= 11 is 3.24. The molecule has 0 radical (unpaired) electrons. The molecular weight excluding hydrogens is 350 g/mol. The Bertz CT molecular complexity index is 834. The number of carbonyl (C=O) groups is 1. The van der Waals surface area contributed by atoms with E-state index in [2.05, 4.69) is 0 Å². The average Bonchev–Trinajstić information content (AvgIpc) is 3.33. The second-order valence-corrected chi connectivity index (χ2v) is 7.53. The van der Waals surface area contributed by atoms with Gasteiger partial charge >= 0.3 is 0 Å². The molecule has 1 amide bonds. The molecule has 5 heteroatoms. The zero-order valence-corrected chi connectivity index (χ0v) is 15.8. The van der Waals surface area contributed by atoms with Crippen molar-refractivity contribution in [3.05, 3.63) is 74.6 Å². The number of ether oxygens (including phenoxy) is 1. The zero-order valence-electron chi connectivity index (χ0n) is 14.1. The second kappa shape index (κ2) is 8.14. The van der Waals surface area contributed by atoms with Crippen LogP contribution in [0.2, 0.25) is 0 Å². The maximum atomic E-state index is 13.0. The molecule has 0 aliphatic rings. The Hall–Kier alpha value is -2.37. The first-order chi connectivity index (χ1) is 12.2. The summed E-state index contributed by atoms with van der Waals surface area (Å²) in [5.74, 6) is 0.822. The van der Waals surface area contributed by atoms with Crippen molar-refractivity contribution in [3.63, 3.8) is 0 Å². The normalized spacial score (nSPS) is 11.4. The van der Waals surface area contributed by atoms with Crippen LogP contribution in [0.4, 0.5) is 0 Å². The highest BCUT2D eigenvalue weighted by molar-refractivity contribution is 7.11. The summed E-state index contributed by atoms with van der Waals surface area (Å²) < 4.78 is 5.20. The lowest BCUT2D eigenvalue weighted by Crippen LogP contribution is -2.26. The van der Waals surface area contributed by atoms with E-state index in [0.717, 1.165) is 16.2 Å². The van der Waals surface area contributed by atoms with Crippen LogP contribution in [0.5, 0.6) is 5.75 Å². The van der Waals surface area contributed by atoms with E-state index in [1.807, 2.05) is 72.4 Å². The molecule has 3 aromatic rings. The van der Waals surface area contributed by atoms with Gasteiger partial charge in [0.05, 0.1) is 19.2 Å². The molecule has 0 N–H and O–H groups in total. The highest BCUT2D eigenvalue weighted by atomic mass is 32.1. The third kappa shape index (κ3) is 4.38. The highest BCUT2D eigenvalue weighted by Gasteiger charge is 2.18. The Morgan fingerprint density at radius 2 is 1.80 bits per heavy atom. The number of hydrogen-bond acceptors (Lipinski definition) is 4. The first-order valence-electron chi connectivity index (χ1n) is 7.85. The van der Waals surface area contributed by atoms with Gasteiger partial charge in [-0.15, -0.1) is 22.7 Å². The van der Waals surface area contributed by atoms with Gasteiger partial charge in [0, 0.05) is 16.8 Å². The molecule has 0 atom stereocenters. The molecule has 0 unspecified atom stereocenters. The van der Waals surface area contributed by atoms with Gasteiger partial charge < -0.3 is 9.64 Å². The van der Waals surface area contributed by atoms with Gasteiger partial charge in [-0.2, -0.15) is 0 Å². The number of nitrogens with zero attached hydrogens (tertiary/aromatic N) is 1. The van der Waals surface area contributed by atoms with Crippen LogP contribution in [0, 0.1) is 0 Å². The monoisotopic (exact) mass is 369 g/mol. The van der Waals surface area contributed by atoms with Gasteiger partial charge in [-0.3, -0.25) is 4.79 Å². The maximum absolute atomic E-state index is 13.0. The van der Waals surface area contributed by atoms with E-state index < -0.39 is 0 Å². The van der Waals surface area contributed by atoms with Crippen LogP contribution < -0.4 is 4.74 Å². The lowest BCUT2D eigenvalue weighted by Gasteiger charge is -2.18. The summed E-state index contributed by atoms with van der Waals surface area (Å²) in [7, 11) is 3.49. The first kappa shape index (κ1) is 17.5. The Balaban J connectivity index is 1.88. The lowest BCUT2D eigenvalue weighted by atomic mass is 10.1. The summed E-state index contributed by atoms with van der Waals surface area (Å²) in [5.41, 5.74) is 1.68. The minimum absolute atomic E-state index is 0.0201. The number of carbonyl (C=O) groups excluding carboxylic acids is 1. The number of thiophene rings is 2. The van der Waals surface area contributed by atoms with Gasteiger partial charge in [0.1, 0.15) is 5.75 Å². The predicted octanol–water partition coefficient (Wildman–Crippen LogP) is 5.02. The topological polar surface area (TPSA) is 29.5 Å². The molecule has 0 spiro atoms. The van der Waals surface area contributed by atoms with Crippen LogP contribution in [-0.2, 0) is 11.3 Å². The van der Waals surface area contributed by atoms with E-state index in [1.54, 1.807) is 34.7 Å². The summed E-state index contributed by atoms with van der Waals surface area (Å²) in [4.78, 5) is 16.9. The van der Waals surface area contributed by atoms with Gasteiger partial charge in [0.2, 0.25) is 0 Å². The van der Waals surface area contributed by atoms with Crippen molar-refractivity contribution in [3.8, 4) is 5.75 Å². The molecule has 25 heavy (non-hydrogen) atoms. The van der Waals surface area contributed by atoms with Crippen molar-refractivity contribution in [2.45, 2.75) is 6.54 Å². The highest BCUT2D eigenvalue weighted by Crippen LogP contribution is 2.26. The molecule has 0 aliphatic carbocycles. The molecule has 2 aromatic heterocycles. The minimum Gasteiger partial charge on any atom is -0.497 e. The van der Waals surface area contributed by atoms with Gasteiger partial charge in [-0.25, -0.2) is 0 Å². The van der Waals surface area contributed by atoms with Crippen molar-refractivity contribution in [2.24, 2.45) is 0 Å². The van der Waals surface area contributed by atoms with Crippen molar-refractivity contribution in [1.82, 2.24) is 4.90 Å². The Labute approximate surface area is 155 Å². The average molecular weight is 370 g/mol. The van der Waals surface area contributed by atoms with Crippen LogP contribution in [0.25, 0.3) is 11.6 Å². The Morgan fingerprint density at radius 3 is 2.40 bits per heavy atom. The van der Waals surface area contributed by atoms with Crippen LogP contribution in [0.1, 0.15) is 15.3 Å². The van der Waals surface area contributed by atoms with E-state index in [1.165, 1.54) is 4.88 Å². The Kier molecular flexibility index (Phi) is 5.68. The van der Waals surface area contributed by atoms with Crippen LogP contribution >= 0.6 is 22.7 Å². The predicted molar refractivity (Wildman–Crippen MR) is 106 cm³/mol. The summed E-state index contributed by atoms with van der Waals surface area (Å²) in [6, 6.07) is 15.7. The maximum Gasteiger partial charge on any atom is 0.255 e. The van der Waals surface area contributed by atoms with Gasteiger partial charge in [-0.05, 0) is 46.7 Å². The van der Waals surface area contributed by atoms with Crippen LogP contribution in [0.15, 0.2) is 59.3 Å². The third-order valence-corrected chi connectivity index (χ3v) is 5.53. The van der Waals surface area contributed by atoms with Gasteiger partial charge in [0.15, 0.2) is 0 Å². The van der Waals surface area contributed by atoms with Crippen molar-refractivity contribution in [1.29, 1.82) is 0 Å². The molecule has 1 aromatic carbocycles. The van der Waals surface area contributed by atoms with E-state index in [9.17, 15) is 4.79 Å². The Morgan fingerprint density at radius 1 is 1.08 bits per heavy atom. The standard InChI is InChI=1S/C20H19NO2S2/c1-21(14-17-5-3-11-24-17)20(22)18(19-6-4-12-25-19)13-15-7-9-16(23-2)10-8-15/h3-13H,14H2,1-2H3/b18-13+. The molecule has 0 saturated heterocycles. The molecule has 3 rings (SSSR count). The summed E-state index contributed by atoms with van der Waals surface area (Å²) in [6.45, 7) is 0.613. The lowest BCUT2D eigenvalue weighted by molar-refractivity contribution is -0.124. The molecule has 2 heterocycles. The number of benzene rings is 1. The molecule has 0 aliphatic heterocycles. The molecule has 0 fully saturated rings. The van der Waals surface area contributed by atoms with Crippen molar-refractivity contribution in [2.75, 3.05) is 14.2 Å². The number of rotatable bonds is 6. The molecular formula is C20H19NO2S2. The SMILES string of the molecule is COc1ccc(/C=C(/C(=O)N(C)Cc2cccs2)c2cccs2)cc1. The molecule has 128 valence electrons. The third-order valence-electron chi connectivity index (χ3n) is 3.76. The molecule has 0 bridgehead atoms. The number of hydrogen-bond donors (Lipinski definition) is 0. The summed E-state index contributed by atoms with van der Waals surface area (Å²) in [6.07, 6.45) is 1.94. The van der Waals surface area contributed by atoms with E-state index in [-0.39, 0.29) is 5.91 Å². The van der Waals surface area contributed by atoms with Crippen molar-refractivity contribution >= 4 is 40.2 Å². The first-order valence-corrected chi connectivity index (χ1v) is 9.61. The van der Waals surface area contributed by atoms with Crippen molar-refractivity contribution < 1.29 is 9.53 Å². The zero-order chi connectivity index (χ0) is 17.6. The largest absolute Gasteiger partial charge is 0.497 e.